The second-order valence-corrected chi connectivity index (χ2v) is 5.97. The minimum Gasteiger partial charge on any atom is -0.309 e. The highest BCUT2D eigenvalue weighted by Gasteiger charge is 2.16. The molecule has 0 aliphatic rings. The molecule has 5 nitrogen and oxygen atoms in total. The summed E-state index contributed by atoms with van der Waals surface area (Å²) in [7, 11) is 1.78. The molecule has 2 aromatic rings. The third kappa shape index (κ3) is 4.59. The van der Waals surface area contributed by atoms with Gasteiger partial charge in [0.05, 0.1) is 18.8 Å². The maximum atomic E-state index is 11.9. The Morgan fingerprint density at radius 2 is 1.91 bits per heavy atom. The van der Waals surface area contributed by atoms with Crippen LogP contribution in [0.25, 0.3) is 11.3 Å². The molecule has 1 atom stereocenters. The van der Waals surface area contributed by atoms with Crippen molar-refractivity contribution < 1.29 is 4.79 Å². The van der Waals surface area contributed by atoms with E-state index < -0.39 is 0 Å². The first-order valence-electron chi connectivity index (χ1n) is 7.56. The minimum absolute atomic E-state index is 0.166. The summed E-state index contributed by atoms with van der Waals surface area (Å²) in [6.45, 7) is 2.34. The largest absolute Gasteiger partial charge is 0.309 e. The number of carbonyl (C=O) groups excluding carboxylic acids is 1. The second kappa shape index (κ2) is 8.52. The van der Waals surface area contributed by atoms with Gasteiger partial charge in [0.1, 0.15) is 5.69 Å². The van der Waals surface area contributed by atoms with E-state index in [1.165, 1.54) is 0 Å². The number of likely N-dealkylation sites (N-methyl/N-ethyl adjacent to an activating group) is 1. The van der Waals surface area contributed by atoms with Crippen LogP contribution in [-0.2, 0) is 22.8 Å². The first-order valence-corrected chi connectivity index (χ1v) is 8.82. The Morgan fingerprint density at radius 1 is 1.26 bits per heavy atom. The Balaban J connectivity index is 2.23. The average Bonchev–Trinajstić information content (AvgIpc) is 3.07. The number of hydrogen-bond donors (Lipinski definition) is 3. The van der Waals surface area contributed by atoms with Gasteiger partial charge in [-0.3, -0.25) is 4.79 Å². The van der Waals surface area contributed by atoms with Gasteiger partial charge in [0.25, 0.3) is 0 Å². The van der Waals surface area contributed by atoms with Crippen LogP contribution < -0.4 is 5.32 Å². The van der Waals surface area contributed by atoms with E-state index in [2.05, 4.69) is 59.1 Å². The van der Waals surface area contributed by atoms with Crippen molar-refractivity contribution in [3.05, 3.63) is 35.5 Å². The maximum Gasteiger partial charge on any atom is 0.151 e. The highest BCUT2D eigenvalue weighted by molar-refractivity contribution is 7.79. The van der Waals surface area contributed by atoms with Gasteiger partial charge in [0.2, 0.25) is 0 Å². The van der Waals surface area contributed by atoms with Crippen LogP contribution in [0.2, 0.25) is 0 Å². The first kappa shape index (κ1) is 18.0. The average molecular weight is 351 g/mol. The van der Waals surface area contributed by atoms with Crippen LogP contribution in [0.4, 0.5) is 0 Å². The van der Waals surface area contributed by atoms with Gasteiger partial charge in [0, 0.05) is 23.5 Å². The monoisotopic (exact) mass is 350 g/mol. The van der Waals surface area contributed by atoms with Gasteiger partial charge in [-0.25, -0.2) is 4.68 Å². The molecule has 2 rings (SSSR count). The van der Waals surface area contributed by atoms with E-state index in [0.717, 1.165) is 22.4 Å². The van der Waals surface area contributed by atoms with Crippen LogP contribution in [0, 0.1) is 0 Å². The zero-order chi connectivity index (χ0) is 16.8. The lowest BCUT2D eigenvalue weighted by molar-refractivity contribution is -0.121. The summed E-state index contributed by atoms with van der Waals surface area (Å²) in [6.07, 6.45) is 2.37. The summed E-state index contributed by atoms with van der Waals surface area (Å²) < 4.78 is 1.71. The number of benzene rings is 1. The summed E-state index contributed by atoms with van der Waals surface area (Å²) in [5.41, 5.74) is 4.03. The Labute approximate surface area is 147 Å². The number of hydrogen-bond acceptors (Lipinski definition) is 6. The van der Waals surface area contributed by atoms with Crippen LogP contribution in [-0.4, -0.2) is 33.9 Å². The van der Waals surface area contributed by atoms with Crippen molar-refractivity contribution in [2.75, 3.05) is 7.05 Å². The smallest absolute Gasteiger partial charge is 0.151 e. The number of Topliss-reactive ketones (excluding diaryl/α,β-unsaturated/α-hetero) is 1. The minimum atomic E-state index is -0.244. The predicted octanol–water partition coefficient (Wildman–Crippen LogP) is 2.37. The van der Waals surface area contributed by atoms with E-state index in [0.29, 0.717) is 24.5 Å². The number of nitrogens with one attached hydrogen (secondary N) is 1. The lowest BCUT2D eigenvalue weighted by Crippen LogP contribution is -2.37. The van der Waals surface area contributed by atoms with Crippen LogP contribution in [0.5, 0.6) is 0 Å². The van der Waals surface area contributed by atoms with Crippen molar-refractivity contribution >= 4 is 31.0 Å². The predicted molar refractivity (Wildman–Crippen MR) is 99.0 cm³/mol. The third-order valence-electron chi connectivity index (χ3n) is 3.71. The summed E-state index contributed by atoms with van der Waals surface area (Å²) in [4.78, 5) is 11.9. The van der Waals surface area contributed by atoms with Crippen molar-refractivity contribution in [2.24, 2.45) is 0 Å². The number of carbonyl (C=O) groups is 1. The molecule has 1 N–H and O–H groups in total. The summed E-state index contributed by atoms with van der Waals surface area (Å²) >= 11 is 8.68. The van der Waals surface area contributed by atoms with E-state index >= 15 is 0 Å². The normalized spacial score (nSPS) is 12.3. The van der Waals surface area contributed by atoms with E-state index in [1.807, 2.05) is 13.1 Å². The second-order valence-electron chi connectivity index (χ2n) is 5.34. The molecule has 1 aromatic heterocycles. The molecule has 23 heavy (non-hydrogen) atoms. The molecule has 0 fully saturated rings. The van der Waals surface area contributed by atoms with E-state index in [1.54, 1.807) is 11.7 Å². The molecule has 0 saturated carbocycles. The van der Waals surface area contributed by atoms with Crippen molar-refractivity contribution in [1.29, 1.82) is 0 Å². The topological polar surface area (TPSA) is 59.8 Å². The highest BCUT2D eigenvalue weighted by Crippen LogP contribution is 2.22. The molecule has 1 aromatic carbocycles. The fourth-order valence-electron chi connectivity index (χ4n) is 2.40. The summed E-state index contributed by atoms with van der Waals surface area (Å²) in [6, 6.07) is 5.96. The molecular weight excluding hydrogens is 328 g/mol. The molecule has 1 heterocycles. The van der Waals surface area contributed by atoms with Gasteiger partial charge in [0.15, 0.2) is 5.78 Å². The Hall–Kier alpha value is -1.31. The molecular formula is C16H22N4OS2. The van der Waals surface area contributed by atoms with Gasteiger partial charge in [-0.15, -0.1) is 5.10 Å². The van der Waals surface area contributed by atoms with Crippen LogP contribution in [0.15, 0.2) is 24.4 Å². The maximum absolute atomic E-state index is 11.9. The van der Waals surface area contributed by atoms with Gasteiger partial charge < -0.3 is 5.32 Å². The molecule has 0 amide bonds. The number of ketones is 1. The third-order valence-corrected chi connectivity index (χ3v) is 4.44. The van der Waals surface area contributed by atoms with Crippen LogP contribution in [0.3, 0.4) is 0 Å². The fourth-order valence-corrected chi connectivity index (χ4v) is 2.77. The molecule has 124 valence electrons. The molecule has 1 unspecified atom stereocenters. The number of nitrogens with zero attached hydrogens (tertiary/aromatic N) is 3. The van der Waals surface area contributed by atoms with Crippen LogP contribution in [0.1, 0.15) is 24.5 Å². The van der Waals surface area contributed by atoms with Gasteiger partial charge >= 0.3 is 0 Å². The summed E-state index contributed by atoms with van der Waals surface area (Å²) in [5, 5.41) is 11.4. The van der Waals surface area contributed by atoms with Gasteiger partial charge in [-0.05, 0) is 30.3 Å². The van der Waals surface area contributed by atoms with Crippen LogP contribution >= 0.6 is 25.3 Å². The molecule has 7 heteroatoms. The standard InChI is InChI=1S/C16H22N4OS2/c1-3-16(21)15(17-2)8-20-7-14(18-19-20)13-5-11(9-22)4-12(6-13)10-23/h4-7,15,17,22-23H,3,8-10H2,1-2H3. The lowest BCUT2D eigenvalue weighted by Gasteiger charge is -2.13. The molecule has 0 aliphatic carbocycles. The fraction of sp³-hybridized carbons (Fsp3) is 0.438. The first-order chi connectivity index (χ1) is 11.1. The van der Waals surface area contributed by atoms with Crippen molar-refractivity contribution in [3.8, 4) is 11.3 Å². The Morgan fingerprint density at radius 3 is 2.43 bits per heavy atom. The van der Waals surface area contributed by atoms with Crippen molar-refractivity contribution in [2.45, 2.75) is 37.4 Å². The van der Waals surface area contributed by atoms with E-state index in [-0.39, 0.29) is 11.8 Å². The molecule has 0 saturated heterocycles. The summed E-state index contributed by atoms with van der Waals surface area (Å²) in [5.74, 6) is 1.49. The van der Waals surface area contributed by atoms with Crippen molar-refractivity contribution in [3.63, 3.8) is 0 Å². The van der Waals surface area contributed by atoms with Gasteiger partial charge in [-0.1, -0.05) is 18.2 Å². The Bertz CT molecular complexity index is 650. The SMILES string of the molecule is CCC(=O)C(Cn1cc(-c2cc(CS)cc(CS)c2)nn1)NC. The Kier molecular flexibility index (Phi) is 6.68. The number of rotatable bonds is 8. The number of aromatic nitrogens is 3. The quantitative estimate of drug-likeness (QED) is 0.640. The highest BCUT2D eigenvalue weighted by atomic mass is 32.1. The molecule has 0 aliphatic heterocycles. The zero-order valence-electron chi connectivity index (χ0n) is 13.4. The van der Waals surface area contributed by atoms with Crippen molar-refractivity contribution in [1.82, 2.24) is 20.3 Å². The molecule has 0 spiro atoms. The molecule has 0 bridgehead atoms. The van der Waals surface area contributed by atoms with E-state index in [9.17, 15) is 4.79 Å². The molecule has 0 radical (unpaired) electrons. The number of thiol groups is 2. The lowest BCUT2D eigenvalue weighted by atomic mass is 10.1. The van der Waals surface area contributed by atoms with Gasteiger partial charge in [-0.2, -0.15) is 25.3 Å². The zero-order valence-corrected chi connectivity index (χ0v) is 15.1. The van der Waals surface area contributed by atoms with E-state index in [4.69, 9.17) is 0 Å².